The number of nitrogens with one attached hydrogen (secondary N) is 2. The molecule has 1 saturated heterocycles. The molecular formula is C20H19N3O5S2. The number of furan rings is 1. The zero-order chi connectivity index (χ0) is 21.3. The molecule has 0 unspecified atom stereocenters. The van der Waals surface area contributed by atoms with E-state index in [1.165, 1.54) is 24.5 Å². The van der Waals surface area contributed by atoms with Crippen molar-refractivity contribution in [2.75, 3.05) is 6.54 Å². The van der Waals surface area contributed by atoms with Crippen molar-refractivity contribution >= 4 is 45.2 Å². The highest BCUT2D eigenvalue weighted by Crippen LogP contribution is 2.30. The molecule has 0 radical (unpaired) electrons. The van der Waals surface area contributed by atoms with Crippen LogP contribution in [-0.4, -0.2) is 42.4 Å². The first-order valence-electron chi connectivity index (χ1n) is 9.18. The van der Waals surface area contributed by atoms with Crippen LogP contribution in [-0.2, 0) is 14.8 Å². The van der Waals surface area contributed by atoms with E-state index in [2.05, 4.69) is 23.5 Å². The lowest BCUT2D eigenvalue weighted by Crippen LogP contribution is -2.51. The van der Waals surface area contributed by atoms with Crippen LogP contribution in [0.5, 0.6) is 0 Å². The van der Waals surface area contributed by atoms with Crippen LogP contribution < -0.4 is 10.9 Å². The number of benzene rings is 2. The van der Waals surface area contributed by atoms with Crippen LogP contribution in [0.2, 0.25) is 0 Å². The first kappa shape index (κ1) is 20.5. The Balaban J connectivity index is 1.54. The molecule has 1 aliphatic heterocycles. The van der Waals surface area contributed by atoms with Crippen molar-refractivity contribution in [3.8, 4) is 0 Å². The monoisotopic (exact) mass is 445 g/mol. The van der Waals surface area contributed by atoms with E-state index < -0.39 is 27.9 Å². The molecule has 1 aliphatic rings. The summed E-state index contributed by atoms with van der Waals surface area (Å²) in [5, 5.41) is 1.39. The van der Waals surface area contributed by atoms with Gasteiger partial charge in [-0.2, -0.15) is 16.9 Å². The highest BCUT2D eigenvalue weighted by atomic mass is 32.2. The van der Waals surface area contributed by atoms with E-state index in [9.17, 15) is 18.0 Å². The molecule has 0 aliphatic carbocycles. The maximum atomic E-state index is 13.3. The second-order valence-electron chi connectivity index (χ2n) is 6.91. The molecule has 156 valence electrons. The van der Waals surface area contributed by atoms with Crippen molar-refractivity contribution in [1.29, 1.82) is 0 Å². The first-order chi connectivity index (χ1) is 14.4. The normalized spacial score (nSPS) is 19.6. The molecule has 2 amide bonds. The van der Waals surface area contributed by atoms with Gasteiger partial charge in [0.1, 0.15) is 6.04 Å². The number of carbonyl (C=O) groups excluding carboxylic acids is 2. The minimum Gasteiger partial charge on any atom is -0.459 e. The number of hydrazine groups is 1. The fourth-order valence-corrected chi connectivity index (χ4v) is 5.59. The summed E-state index contributed by atoms with van der Waals surface area (Å²) in [4.78, 5) is 24.7. The second-order valence-corrected chi connectivity index (χ2v) is 9.53. The SMILES string of the molecule is O=C(NNC(=O)[C@@H]1C[C@@H](S)CN1S(=O)(=O)c1ccc2ccccc2c1)c1ccco1. The maximum absolute atomic E-state index is 13.3. The Labute approximate surface area is 178 Å². The third-order valence-electron chi connectivity index (χ3n) is 4.91. The average molecular weight is 446 g/mol. The molecule has 2 heterocycles. The summed E-state index contributed by atoms with van der Waals surface area (Å²) >= 11 is 4.38. The summed E-state index contributed by atoms with van der Waals surface area (Å²) in [5.74, 6) is -1.26. The van der Waals surface area contributed by atoms with E-state index >= 15 is 0 Å². The van der Waals surface area contributed by atoms with Gasteiger partial charge in [0.2, 0.25) is 10.0 Å². The van der Waals surface area contributed by atoms with Crippen molar-refractivity contribution in [3.05, 3.63) is 66.6 Å². The Kier molecular flexibility index (Phi) is 5.54. The smallest absolute Gasteiger partial charge is 0.305 e. The Morgan fingerprint density at radius 2 is 1.80 bits per heavy atom. The second kappa shape index (κ2) is 8.13. The highest BCUT2D eigenvalue weighted by Gasteiger charge is 2.43. The summed E-state index contributed by atoms with van der Waals surface area (Å²) in [6.07, 6.45) is 1.55. The van der Waals surface area contributed by atoms with Crippen LogP contribution >= 0.6 is 12.6 Å². The van der Waals surface area contributed by atoms with Crippen LogP contribution in [0.15, 0.2) is 70.2 Å². The van der Waals surface area contributed by atoms with Crippen LogP contribution in [0.4, 0.5) is 0 Å². The molecular weight excluding hydrogens is 426 g/mol. The fourth-order valence-electron chi connectivity index (χ4n) is 3.42. The molecule has 0 bridgehead atoms. The van der Waals surface area contributed by atoms with Crippen LogP contribution in [0.1, 0.15) is 17.0 Å². The van der Waals surface area contributed by atoms with Gasteiger partial charge in [-0.3, -0.25) is 20.4 Å². The number of amides is 2. The summed E-state index contributed by atoms with van der Waals surface area (Å²) in [6, 6.07) is 14.2. The molecule has 1 fully saturated rings. The van der Waals surface area contributed by atoms with Crippen LogP contribution in [0, 0.1) is 0 Å². The van der Waals surface area contributed by atoms with Gasteiger partial charge in [0.05, 0.1) is 11.2 Å². The Morgan fingerprint density at radius 1 is 1.03 bits per heavy atom. The predicted octanol–water partition coefficient (Wildman–Crippen LogP) is 1.96. The molecule has 30 heavy (non-hydrogen) atoms. The summed E-state index contributed by atoms with van der Waals surface area (Å²) in [5.41, 5.74) is 4.51. The lowest BCUT2D eigenvalue weighted by atomic mass is 10.1. The zero-order valence-corrected chi connectivity index (χ0v) is 17.4. The number of carbonyl (C=O) groups is 2. The van der Waals surface area contributed by atoms with E-state index in [1.807, 2.05) is 24.3 Å². The highest BCUT2D eigenvalue weighted by molar-refractivity contribution is 7.89. The third-order valence-corrected chi connectivity index (χ3v) is 7.15. The third kappa shape index (κ3) is 3.93. The number of rotatable bonds is 4. The molecule has 4 rings (SSSR count). The number of fused-ring (bicyclic) bond motifs is 1. The maximum Gasteiger partial charge on any atom is 0.305 e. The summed E-state index contributed by atoms with van der Waals surface area (Å²) < 4.78 is 32.6. The standard InChI is InChI=1S/C20H19N3O5S2/c24-19(21-22-20(25)18-6-3-9-28-18)17-11-15(29)12-23(17)30(26,27)16-8-7-13-4-1-2-5-14(13)10-16/h1-10,15,17,29H,11-12H2,(H,21,24)(H,22,25)/t15-,17+/m1/s1. The van der Waals surface area contributed by atoms with E-state index in [0.29, 0.717) is 0 Å². The average Bonchev–Trinajstić information content (AvgIpc) is 3.41. The molecule has 2 atom stereocenters. The van der Waals surface area contributed by atoms with Crippen LogP contribution in [0.3, 0.4) is 0 Å². The molecule has 10 heteroatoms. The van der Waals surface area contributed by atoms with Crippen molar-refractivity contribution < 1.29 is 22.4 Å². The van der Waals surface area contributed by atoms with Crippen molar-refractivity contribution in [2.45, 2.75) is 22.6 Å². The van der Waals surface area contributed by atoms with Gasteiger partial charge in [-0.05, 0) is 41.5 Å². The van der Waals surface area contributed by atoms with Crippen LogP contribution in [0.25, 0.3) is 10.8 Å². The van der Waals surface area contributed by atoms with Gasteiger partial charge in [-0.25, -0.2) is 8.42 Å². The summed E-state index contributed by atoms with van der Waals surface area (Å²) in [7, 11) is -3.95. The van der Waals surface area contributed by atoms with Crippen molar-refractivity contribution in [1.82, 2.24) is 15.2 Å². The largest absolute Gasteiger partial charge is 0.459 e. The van der Waals surface area contributed by atoms with Gasteiger partial charge in [-0.1, -0.05) is 30.3 Å². The fraction of sp³-hybridized carbons (Fsp3) is 0.200. The van der Waals surface area contributed by atoms with E-state index in [-0.39, 0.29) is 28.9 Å². The van der Waals surface area contributed by atoms with Gasteiger partial charge in [0, 0.05) is 11.8 Å². The first-order valence-corrected chi connectivity index (χ1v) is 11.1. The van der Waals surface area contributed by atoms with E-state index in [4.69, 9.17) is 4.42 Å². The number of thiol groups is 1. The van der Waals surface area contributed by atoms with Crippen molar-refractivity contribution in [3.63, 3.8) is 0 Å². The summed E-state index contributed by atoms with van der Waals surface area (Å²) in [6.45, 7) is 0.0858. The van der Waals surface area contributed by atoms with Gasteiger partial charge in [-0.15, -0.1) is 0 Å². The molecule has 2 aromatic carbocycles. The minimum absolute atomic E-state index is 0.0226. The molecule has 8 nitrogen and oxygen atoms in total. The Hall–Kier alpha value is -2.82. The molecule has 1 aromatic heterocycles. The number of nitrogens with zero attached hydrogens (tertiary/aromatic N) is 1. The molecule has 0 saturated carbocycles. The van der Waals surface area contributed by atoms with Gasteiger partial charge >= 0.3 is 5.91 Å². The molecule has 2 N–H and O–H groups in total. The minimum atomic E-state index is -3.95. The van der Waals surface area contributed by atoms with Gasteiger partial charge in [0.25, 0.3) is 5.91 Å². The van der Waals surface area contributed by atoms with Gasteiger partial charge < -0.3 is 4.42 Å². The lowest BCUT2D eigenvalue weighted by molar-refractivity contribution is -0.125. The topological polar surface area (TPSA) is 109 Å². The number of hydrogen-bond donors (Lipinski definition) is 3. The van der Waals surface area contributed by atoms with E-state index in [0.717, 1.165) is 15.1 Å². The molecule has 3 aromatic rings. The Morgan fingerprint density at radius 3 is 2.53 bits per heavy atom. The lowest BCUT2D eigenvalue weighted by Gasteiger charge is -2.23. The molecule has 0 spiro atoms. The quantitative estimate of drug-likeness (QED) is 0.420. The predicted molar refractivity (Wildman–Crippen MR) is 113 cm³/mol. The zero-order valence-electron chi connectivity index (χ0n) is 15.7. The van der Waals surface area contributed by atoms with Gasteiger partial charge in [0.15, 0.2) is 5.76 Å². The Bertz CT molecular complexity index is 1190. The van der Waals surface area contributed by atoms with Crippen molar-refractivity contribution in [2.24, 2.45) is 0 Å². The number of hydrogen-bond acceptors (Lipinski definition) is 6. The van der Waals surface area contributed by atoms with E-state index in [1.54, 1.807) is 12.1 Å². The number of sulfonamides is 1.